The normalized spacial score (nSPS) is 11.2. The fraction of sp³-hybridized carbons (Fsp3) is 0.500. The third-order valence-electron chi connectivity index (χ3n) is 3.53. The van der Waals surface area contributed by atoms with Crippen molar-refractivity contribution in [3.8, 4) is 0 Å². The third kappa shape index (κ3) is 3.61. The first-order valence-corrected chi connectivity index (χ1v) is 7.43. The van der Waals surface area contributed by atoms with Crippen LogP contribution in [0.15, 0.2) is 24.3 Å². The van der Waals surface area contributed by atoms with E-state index in [1.165, 1.54) is 7.11 Å². The number of hydrogen-bond donors (Lipinski definition) is 0. The summed E-state index contributed by atoms with van der Waals surface area (Å²) < 4.78 is 6.78. The van der Waals surface area contributed by atoms with Crippen LogP contribution in [0.25, 0.3) is 10.9 Å². The molecule has 5 nitrogen and oxygen atoms in total. The maximum atomic E-state index is 11.5. The molecule has 0 bridgehead atoms. The van der Waals surface area contributed by atoms with E-state index in [0.29, 0.717) is 13.1 Å². The number of fused-ring (bicyclic) bond motifs is 1. The van der Waals surface area contributed by atoms with Crippen LogP contribution in [-0.4, -0.2) is 40.8 Å². The molecule has 0 saturated heterocycles. The number of nitrogens with zero attached hydrogens (tertiary/aromatic N) is 3. The van der Waals surface area contributed by atoms with Gasteiger partial charge in [0.25, 0.3) is 0 Å². The first-order chi connectivity index (χ1) is 10.2. The number of carbonyl (C=O) groups is 1. The standard InChI is InChI=1S/C16H23N3O2/c1-4-10-18(12-16(20)21-3)11-14-13-8-6-7-9-15(13)19(5-2)17-14/h6-9H,4-5,10-12H2,1-3H3. The first kappa shape index (κ1) is 15.5. The van der Waals surface area contributed by atoms with Crippen molar-refractivity contribution in [2.24, 2.45) is 0 Å². The number of aryl methyl sites for hydroxylation is 1. The Labute approximate surface area is 125 Å². The van der Waals surface area contributed by atoms with E-state index in [2.05, 4.69) is 36.0 Å². The highest BCUT2D eigenvalue weighted by molar-refractivity contribution is 5.82. The van der Waals surface area contributed by atoms with Gasteiger partial charge in [0.2, 0.25) is 0 Å². The van der Waals surface area contributed by atoms with E-state index in [1.54, 1.807) is 0 Å². The van der Waals surface area contributed by atoms with Crippen molar-refractivity contribution in [2.45, 2.75) is 33.4 Å². The molecule has 2 aromatic rings. The van der Waals surface area contributed by atoms with Crippen molar-refractivity contribution in [2.75, 3.05) is 20.2 Å². The van der Waals surface area contributed by atoms with Gasteiger partial charge in [-0.15, -0.1) is 0 Å². The highest BCUT2D eigenvalue weighted by atomic mass is 16.5. The zero-order valence-corrected chi connectivity index (χ0v) is 13.0. The molecule has 114 valence electrons. The lowest BCUT2D eigenvalue weighted by Crippen LogP contribution is -2.31. The lowest BCUT2D eigenvalue weighted by atomic mass is 10.2. The van der Waals surface area contributed by atoms with Gasteiger partial charge in [-0.2, -0.15) is 5.10 Å². The molecule has 0 amide bonds. The maximum Gasteiger partial charge on any atom is 0.319 e. The lowest BCUT2D eigenvalue weighted by molar-refractivity contribution is -0.142. The number of methoxy groups -OCH3 is 1. The minimum Gasteiger partial charge on any atom is -0.468 e. The smallest absolute Gasteiger partial charge is 0.319 e. The van der Waals surface area contributed by atoms with Crippen LogP contribution in [0, 0.1) is 0 Å². The lowest BCUT2D eigenvalue weighted by Gasteiger charge is -2.19. The van der Waals surface area contributed by atoms with Gasteiger partial charge in [0.1, 0.15) is 0 Å². The van der Waals surface area contributed by atoms with E-state index < -0.39 is 0 Å². The number of hydrogen-bond acceptors (Lipinski definition) is 4. The monoisotopic (exact) mass is 289 g/mol. The Balaban J connectivity index is 2.25. The predicted molar refractivity (Wildman–Crippen MR) is 83.0 cm³/mol. The molecule has 0 atom stereocenters. The highest BCUT2D eigenvalue weighted by Crippen LogP contribution is 2.19. The van der Waals surface area contributed by atoms with Crippen LogP contribution in [0.5, 0.6) is 0 Å². The fourth-order valence-corrected chi connectivity index (χ4v) is 2.54. The Hall–Kier alpha value is -1.88. The van der Waals surface area contributed by atoms with E-state index in [4.69, 9.17) is 4.74 Å². The van der Waals surface area contributed by atoms with Crippen molar-refractivity contribution in [1.82, 2.24) is 14.7 Å². The van der Waals surface area contributed by atoms with E-state index >= 15 is 0 Å². The van der Waals surface area contributed by atoms with Crippen LogP contribution < -0.4 is 0 Å². The number of para-hydroxylation sites is 1. The van der Waals surface area contributed by atoms with Gasteiger partial charge in [0, 0.05) is 18.5 Å². The SMILES string of the molecule is CCCN(CC(=O)OC)Cc1nn(CC)c2ccccc12. The summed E-state index contributed by atoms with van der Waals surface area (Å²) in [5.41, 5.74) is 2.16. The van der Waals surface area contributed by atoms with Gasteiger partial charge in [-0.1, -0.05) is 25.1 Å². The van der Waals surface area contributed by atoms with Crippen LogP contribution in [0.3, 0.4) is 0 Å². The van der Waals surface area contributed by atoms with Crippen molar-refractivity contribution in [1.29, 1.82) is 0 Å². The molecule has 0 spiro atoms. The molecule has 2 rings (SSSR count). The Morgan fingerprint density at radius 2 is 2.10 bits per heavy atom. The molecule has 0 aliphatic carbocycles. The Morgan fingerprint density at radius 1 is 1.33 bits per heavy atom. The molecule has 1 aromatic carbocycles. The maximum absolute atomic E-state index is 11.5. The van der Waals surface area contributed by atoms with Crippen LogP contribution in [-0.2, 0) is 22.6 Å². The summed E-state index contributed by atoms with van der Waals surface area (Å²) in [6.07, 6.45) is 0.989. The molecule has 0 aliphatic heterocycles. The molecule has 5 heteroatoms. The van der Waals surface area contributed by atoms with Crippen LogP contribution >= 0.6 is 0 Å². The number of esters is 1. The summed E-state index contributed by atoms with van der Waals surface area (Å²) in [5.74, 6) is -0.206. The van der Waals surface area contributed by atoms with Gasteiger partial charge in [-0.3, -0.25) is 14.4 Å². The molecule has 0 fully saturated rings. The average molecular weight is 289 g/mol. The molecule has 0 N–H and O–H groups in total. The summed E-state index contributed by atoms with van der Waals surface area (Å²) in [4.78, 5) is 13.6. The molecule has 1 heterocycles. The van der Waals surface area contributed by atoms with Gasteiger partial charge in [0.05, 0.1) is 24.9 Å². The first-order valence-electron chi connectivity index (χ1n) is 7.43. The van der Waals surface area contributed by atoms with Crippen LogP contribution in [0.2, 0.25) is 0 Å². The van der Waals surface area contributed by atoms with Gasteiger partial charge < -0.3 is 4.74 Å². The third-order valence-corrected chi connectivity index (χ3v) is 3.53. The minimum atomic E-state index is -0.206. The van der Waals surface area contributed by atoms with Crippen molar-refractivity contribution in [3.05, 3.63) is 30.0 Å². The summed E-state index contributed by atoms with van der Waals surface area (Å²) in [6, 6.07) is 8.22. The Kier molecular flexibility index (Phi) is 5.33. The molecule has 0 saturated carbocycles. The molecular formula is C16H23N3O2. The van der Waals surface area contributed by atoms with E-state index in [1.807, 2.05) is 16.8 Å². The molecule has 1 aromatic heterocycles. The van der Waals surface area contributed by atoms with Crippen molar-refractivity contribution in [3.63, 3.8) is 0 Å². The second-order valence-corrected chi connectivity index (χ2v) is 5.07. The number of benzene rings is 1. The van der Waals surface area contributed by atoms with E-state index in [-0.39, 0.29) is 5.97 Å². The zero-order chi connectivity index (χ0) is 15.2. The summed E-state index contributed by atoms with van der Waals surface area (Å²) in [5, 5.41) is 5.84. The molecular weight excluding hydrogens is 266 g/mol. The molecule has 0 radical (unpaired) electrons. The second kappa shape index (κ2) is 7.22. The van der Waals surface area contributed by atoms with Crippen LogP contribution in [0.4, 0.5) is 0 Å². The van der Waals surface area contributed by atoms with Crippen molar-refractivity contribution < 1.29 is 9.53 Å². The summed E-state index contributed by atoms with van der Waals surface area (Å²) in [6.45, 7) is 6.84. The zero-order valence-electron chi connectivity index (χ0n) is 13.0. The molecule has 0 aliphatic rings. The van der Waals surface area contributed by atoms with Crippen molar-refractivity contribution >= 4 is 16.9 Å². The number of aromatic nitrogens is 2. The average Bonchev–Trinajstić information content (AvgIpc) is 2.85. The minimum absolute atomic E-state index is 0.206. The fourth-order valence-electron chi connectivity index (χ4n) is 2.54. The van der Waals surface area contributed by atoms with E-state index in [9.17, 15) is 4.79 Å². The largest absolute Gasteiger partial charge is 0.468 e. The Morgan fingerprint density at radius 3 is 2.76 bits per heavy atom. The summed E-state index contributed by atoms with van der Waals surface area (Å²) >= 11 is 0. The number of carbonyl (C=O) groups excluding carboxylic acids is 1. The van der Waals surface area contributed by atoms with E-state index in [0.717, 1.165) is 36.1 Å². The molecule has 21 heavy (non-hydrogen) atoms. The molecule has 0 unspecified atom stereocenters. The number of rotatable bonds is 7. The van der Waals surface area contributed by atoms with Gasteiger partial charge in [-0.25, -0.2) is 0 Å². The quantitative estimate of drug-likeness (QED) is 0.735. The predicted octanol–water partition coefficient (Wildman–Crippen LogP) is 2.44. The van der Waals surface area contributed by atoms with Crippen LogP contribution in [0.1, 0.15) is 26.0 Å². The number of ether oxygens (including phenoxy) is 1. The topological polar surface area (TPSA) is 47.4 Å². The van der Waals surface area contributed by atoms with Gasteiger partial charge in [0.15, 0.2) is 0 Å². The van der Waals surface area contributed by atoms with Gasteiger partial charge >= 0.3 is 5.97 Å². The second-order valence-electron chi connectivity index (χ2n) is 5.07. The highest BCUT2D eigenvalue weighted by Gasteiger charge is 2.15. The Bertz CT molecular complexity index is 607. The van der Waals surface area contributed by atoms with Gasteiger partial charge in [-0.05, 0) is 26.0 Å². The summed E-state index contributed by atoms with van der Waals surface area (Å²) in [7, 11) is 1.42.